The van der Waals surface area contributed by atoms with Crippen LogP contribution in [0.4, 0.5) is 18.0 Å². The number of alkyl halides is 3. The third-order valence-electron chi connectivity index (χ3n) is 2.91. The van der Waals surface area contributed by atoms with Gasteiger partial charge >= 0.3 is 18.4 Å². The Kier molecular flexibility index (Phi) is 6.66. The van der Waals surface area contributed by atoms with Gasteiger partial charge in [0.2, 0.25) is 0 Å². The van der Waals surface area contributed by atoms with Crippen molar-refractivity contribution >= 4 is 12.1 Å². The molecule has 0 saturated carbocycles. The number of carboxylic acids is 1. The number of amides is 1. The van der Waals surface area contributed by atoms with Crippen LogP contribution in [0.15, 0.2) is 24.3 Å². The van der Waals surface area contributed by atoms with E-state index in [0.717, 1.165) is 6.07 Å². The monoisotopic (exact) mass is 363 g/mol. The van der Waals surface area contributed by atoms with Crippen LogP contribution >= 0.6 is 0 Å². The minimum Gasteiger partial charge on any atom is -0.481 e. The molecule has 0 aliphatic rings. The number of halogens is 3. The van der Waals surface area contributed by atoms with Gasteiger partial charge in [0.25, 0.3) is 0 Å². The van der Waals surface area contributed by atoms with Gasteiger partial charge in [-0.1, -0.05) is 18.2 Å². The Morgan fingerprint density at radius 1 is 1.20 bits per heavy atom. The maximum atomic E-state index is 12.4. The normalized spacial score (nSPS) is 13.0. The number of benzene rings is 1. The zero-order chi connectivity index (χ0) is 19.3. The van der Waals surface area contributed by atoms with Gasteiger partial charge in [-0.2, -0.15) is 0 Å². The molecule has 1 aromatic rings. The van der Waals surface area contributed by atoms with Crippen LogP contribution in [0.5, 0.6) is 5.75 Å². The van der Waals surface area contributed by atoms with Crippen LogP contribution in [0, 0.1) is 5.92 Å². The van der Waals surface area contributed by atoms with Gasteiger partial charge in [-0.25, -0.2) is 4.79 Å². The summed E-state index contributed by atoms with van der Waals surface area (Å²) < 4.78 is 46.1. The highest BCUT2D eigenvalue weighted by Gasteiger charge is 2.32. The van der Waals surface area contributed by atoms with Gasteiger partial charge in [-0.15, -0.1) is 13.2 Å². The molecule has 0 spiro atoms. The number of ether oxygens (including phenoxy) is 2. The molecule has 9 heteroatoms. The van der Waals surface area contributed by atoms with Crippen molar-refractivity contribution in [3.8, 4) is 5.75 Å². The van der Waals surface area contributed by atoms with Gasteiger partial charge in [0.15, 0.2) is 0 Å². The van der Waals surface area contributed by atoms with Crippen LogP contribution in [0.1, 0.15) is 26.3 Å². The number of carboxylic acid groups (broad SMARTS) is 1. The van der Waals surface area contributed by atoms with E-state index in [4.69, 9.17) is 4.74 Å². The van der Waals surface area contributed by atoms with Gasteiger partial charge in [-0.05, 0) is 38.8 Å². The van der Waals surface area contributed by atoms with Crippen LogP contribution in [-0.2, 0) is 16.0 Å². The molecule has 1 amide bonds. The summed E-state index contributed by atoms with van der Waals surface area (Å²) in [6, 6.07) is 5.26. The fourth-order valence-corrected chi connectivity index (χ4v) is 1.93. The highest BCUT2D eigenvalue weighted by Crippen LogP contribution is 2.28. The summed E-state index contributed by atoms with van der Waals surface area (Å²) in [5.74, 6) is -2.89. The second kappa shape index (κ2) is 8.09. The van der Waals surface area contributed by atoms with Crippen molar-refractivity contribution in [2.45, 2.75) is 39.2 Å². The van der Waals surface area contributed by atoms with Gasteiger partial charge in [0.1, 0.15) is 11.4 Å². The number of carbonyl (C=O) groups is 2. The van der Waals surface area contributed by atoms with E-state index in [1.807, 2.05) is 0 Å². The Morgan fingerprint density at radius 2 is 1.80 bits per heavy atom. The largest absolute Gasteiger partial charge is 0.573 e. The highest BCUT2D eigenvalue weighted by atomic mass is 19.4. The van der Waals surface area contributed by atoms with E-state index in [2.05, 4.69) is 10.1 Å². The molecule has 0 radical (unpaired) electrons. The molecule has 0 aromatic heterocycles. The number of para-hydroxylation sites is 1. The number of carbonyl (C=O) groups excluding carboxylic acids is 1. The lowest BCUT2D eigenvalue weighted by Gasteiger charge is -2.21. The molecule has 0 aliphatic carbocycles. The molecule has 1 aromatic carbocycles. The standard InChI is InChI=1S/C16H20F3NO5/c1-15(2,3)25-14(23)20-9-11(13(21)22)8-10-6-4-5-7-12(10)24-16(17,18)19/h4-7,11H,8-9H2,1-3H3,(H,20,23)(H,21,22)/t11-/m0/s1. The van der Waals surface area contributed by atoms with Crippen molar-refractivity contribution in [3.63, 3.8) is 0 Å². The Hall–Kier alpha value is -2.45. The number of alkyl carbamates (subject to hydrolysis) is 1. The maximum Gasteiger partial charge on any atom is 0.573 e. The maximum absolute atomic E-state index is 12.4. The lowest BCUT2D eigenvalue weighted by Crippen LogP contribution is -2.37. The molecule has 2 N–H and O–H groups in total. The predicted octanol–water partition coefficient (Wildman–Crippen LogP) is 3.35. The van der Waals surface area contributed by atoms with Crippen molar-refractivity contribution in [1.82, 2.24) is 5.32 Å². The van der Waals surface area contributed by atoms with E-state index in [9.17, 15) is 27.9 Å². The molecule has 0 unspecified atom stereocenters. The lowest BCUT2D eigenvalue weighted by atomic mass is 9.98. The molecule has 1 rings (SSSR count). The van der Waals surface area contributed by atoms with E-state index in [1.165, 1.54) is 18.2 Å². The molecular weight excluding hydrogens is 343 g/mol. The summed E-state index contributed by atoms with van der Waals surface area (Å²) in [7, 11) is 0. The minimum atomic E-state index is -4.89. The second-order valence-electron chi connectivity index (χ2n) is 6.28. The van der Waals surface area contributed by atoms with E-state index in [0.29, 0.717) is 0 Å². The van der Waals surface area contributed by atoms with Crippen molar-refractivity contribution < 1.29 is 37.3 Å². The smallest absolute Gasteiger partial charge is 0.481 e. The van der Waals surface area contributed by atoms with Crippen molar-refractivity contribution in [1.29, 1.82) is 0 Å². The first-order valence-corrected chi connectivity index (χ1v) is 7.40. The van der Waals surface area contributed by atoms with Crippen LogP contribution < -0.4 is 10.1 Å². The van der Waals surface area contributed by atoms with Crippen molar-refractivity contribution in [2.75, 3.05) is 6.54 Å². The van der Waals surface area contributed by atoms with Crippen LogP contribution in [0.3, 0.4) is 0 Å². The summed E-state index contributed by atoms with van der Waals surface area (Å²) in [6.45, 7) is 4.63. The summed E-state index contributed by atoms with van der Waals surface area (Å²) in [6.07, 6.45) is -5.94. The number of nitrogens with one attached hydrogen (secondary N) is 1. The molecule has 0 heterocycles. The van der Waals surface area contributed by atoms with E-state index < -0.39 is 35.7 Å². The Balaban J connectivity index is 2.79. The Morgan fingerprint density at radius 3 is 2.32 bits per heavy atom. The van der Waals surface area contributed by atoms with Gasteiger partial charge in [-0.3, -0.25) is 4.79 Å². The lowest BCUT2D eigenvalue weighted by molar-refractivity contribution is -0.274. The zero-order valence-electron chi connectivity index (χ0n) is 14.0. The second-order valence-corrected chi connectivity index (χ2v) is 6.28. The topological polar surface area (TPSA) is 84.9 Å². The third-order valence-corrected chi connectivity index (χ3v) is 2.91. The van der Waals surface area contributed by atoms with Gasteiger partial charge in [0.05, 0.1) is 5.92 Å². The quantitative estimate of drug-likeness (QED) is 0.810. The molecule has 0 saturated heterocycles. The average molecular weight is 363 g/mol. The van der Waals surface area contributed by atoms with E-state index in [-0.39, 0.29) is 18.5 Å². The first-order chi connectivity index (χ1) is 11.4. The van der Waals surface area contributed by atoms with Crippen LogP contribution in [0.2, 0.25) is 0 Å². The number of rotatable bonds is 6. The number of hydrogen-bond donors (Lipinski definition) is 2. The molecule has 140 valence electrons. The Bertz CT molecular complexity index is 611. The van der Waals surface area contributed by atoms with Crippen LogP contribution in [-0.4, -0.2) is 35.7 Å². The Labute approximate surface area is 142 Å². The highest BCUT2D eigenvalue weighted by molar-refractivity contribution is 5.73. The molecular formula is C16H20F3NO5. The van der Waals surface area contributed by atoms with E-state index in [1.54, 1.807) is 20.8 Å². The summed E-state index contributed by atoms with van der Waals surface area (Å²) >= 11 is 0. The zero-order valence-corrected chi connectivity index (χ0v) is 14.0. The van der Waals surface area contributed by atoms with Crippen LogP contribution in [0.25, 0.3) is 0 Å². The van der Waals surface area contributed by atoms with Crippen molar-refractivity contribution in [3.05, 3.63) is 29.8 Å². The third kappa shape index (κ3) is 8.27. The van der Waals surface area contributed by atoms with E-state index >= 15 is 0 Å². The number of aliphatic carboxylic acids is 1. The summed E-state index contributed by atoms with van der Waals surface area (Å²) in [5, 5.41) is 11.6. The predicted molar refractivity (Wildman–Crippen MR) is 82.2 cm³/mol. The summed E-state index contributed by atoms with van der Waals surface area (Å²) in [5.41, 5.74) is -0.686. The van der Waals surface area contributed by atoms with Crippen molar-refractivity contribution in [2.24, 2.45) is 5.92 Å². The molecule has 0 fully saturated rings. The fraction of sp³-hybridized carbons (Fsp3) is 0.500. The molecule has 6 nitrogen and oxygen atoms in total. The molecule has 1 atom stereocenters. The SMILES string of the molecule is CC(C)(C)OC(=O)NC[C@H](Cc1ccccc1OC(F)(F)F)C(=O)O. The fourth-order valence-electron chi connectivity index (χ4n) is 1.93. The summed E-state index contributed by atoms with van der Waals surface area (Å²) in [4.78, 5) is 22.9. The molecule has 0 aliphatic heterocycles. The average Bonchev–Trinajstić information content (AvgIpc) is 2.41. The minimum absolute atomic E-state index is 0.0678. The molecule has 0 bridgehead atoms. The first kappa shape index (κ1) is 20.6. The molecule has 25 heavy (non-hydrogen) atoms. The van der Waals surface area contributed by atoms with Gasteiger partial charge in [0, 0.05) is 6.54 Å². The first-order valence-electron chi connectivity index (χ1n) is 7.40. The van der Waals surface area contributed by atoms with Gasteiger partial charge < -0.3 is 19.9 Å². The number of hydrogen-bond acceptors (Lipinski definition) is 4.